The maximum atomic E-state index is 14.1. The quantitative estimate of drug-likeness (QED) is 0.539. The second-order valence-electron chi connectivity index (χ2n) is 11.5. The maximum absolute atomic E-state index is 14.1. The normalized spacial score (nSPS) is 24.5. The fourth-order valence-electron chi connectivity index (χ4n) is 6.68. The number of halogens is 3. The number of primary amides is 1. The van der Waals surface area contributed by atoms with Crippen molar-refractivity contribution in [2.75, 3.05) is 57.4 Å². The Bertz CT molecular complexity index is 1180. The van der Waals surface area contributed by atoms with E-state index in [4.69, 9.17) is 10.5 Å². The van der Waals surface area contributed by atoms with Gasteiger partial charge in [-0.05, 0) is 61.9 Å². The van der Waals surface area contributed by atoms with E-state index in [1.165, 1.54) is 6.07 Å². The van der Waals surface area contributed by atoms with Crippen molar-refractivity contribution >= 4 is 11.6 Å². The van der Waals surface area contributed by atoms with Gasteiger partial charge in [-0.3, -0.25) is 19.3 Å². The molecule has 39 heavy (non-hydrogen) atoms. The van der Waals surface area contributed by atoms with Crippen molar-refractivity contribution in [3.8, 4) is 0 Å². The topological polar surface area (TPSA) is 79.9 Å². The van der Waals surface area contributed by atoms with Crippen LogP contribution in [0.15, 0.2) is 30.5 Å². The number of anilines is 1. The molecule has 1 spiro atoms. The van der Waals surface area contributed by atoms with Crippen molar-refractivity contribution in [1.82, 2.24) is 19.6 Å². The number of amides is 1. The first kappa shape index (κ1) is 27.9. The first-order valence-electron chi connectivity index (χ1n) is 13.9. The third-order valence-corrected chi connectivity index (χ3v) is 8.86. The molecule has 1 aromatic heterocycles. The van der Waals surface area contributed by atoms with Gasteiger partial charge < -0.3 is 15.4 Å². The summed E-state index contributed by atoms with van der Waals surface area (Å²) in [4.78, 5) is 18.2. The number of rotatable bonds is 8. The molecule has 0 saturated carbocycles. The lowest BCUT2D eigenvalue weighted by Gasteiger charge is -2.40. The second-order valence-corrected chi connectivity index (χ2v) is 11.5. The molecule has 0 bridgehead atoms. The number of hydrogen-bond acceptors (Lipinski definition) is 6. The van der Waals surface area contributed by atoms with Crippen molar-refractivity contribution in [2.45, 2.75) is 57.9 Å². The van der Waals surface area contributed by atoms with Crippen LogP contribution in [-0.2, 0) is 23.1 Å². The summed E-state index contributed by atoms with van der Waals surface area (Å²) >= 11 is 0. The van der Waals surface area contributed by atoms with E-state index in [2.05, 4.69) is 28.7 Å². The molecule has 2 unspecified atom stereocenters. The van der Waals surface area contributed by atoms with Crippen LogP contribution in [0.3, 0.4) is 0 Å². The number of alkyl halides is 3. The van der Waals surface area contributed by atoms with Gasteiger partial charge in [0.25, 0.3) is 5.91 Å². The van der Waals surface area contributed by atoms with Crippen LogP contribution in [-0.4, -0.2) is 78.0 Å². The van der Waals surface area contributed by atoms with Crippen molar-refractivity contribution in [3.05, 3.63) is 47.3 Å². The molecule has 1 amide bonds. The zero-order valence-corrected chi connectivity index (χ0v) is 22.8. The fraction of sp³-hybridized carbons (Fsp3) is 0.643. The Labute approximate surface area is 227 Å². The van der Waals surface area contributed by atoms with E-state index >= 15 is 0 Å². The number of nitrogens with two attached hydrogens (primary N) is 1. The maximum Gasteiger partial charge on any atom is 0.416 e. The molecule has 11 heteroatoms. The first-order chi connectivity index (χ1) is 18.5. The lowest BCUT2D eigenvalue weighted by molar-refractivity contribution is -0.138. The summed E-state index contributed by atoms with van der Waals surface area (Å²) in [5.74, 6) is -0.548. The number of nitrogens with zero attached hydrogens (tertiary/aromatic N) is 5. The molecule has 2 aromatic rings. The van der Waals surface area contributed by atoms with Crippen LogP contribution in [0.1, 0.15) is 61.1 Å². The largest absolute Gasteiger partial charge is 0.416 e. The standard InChI is InChI=1S/C28H39F3N6O2/c1-3-7-26(2,37-10-6-24(33-37)25(32)38)36-12-9-27(20-36)8-11-34(19-27)18-21-4-5-22(17-23(21)28(29,30)31)35-13-15-39-16-14-35/h4-6,10,17H,3,7-9,11-16,18-20H2,1-2H3,(H2,32,38). The van der Waals surface area contributed by atoms with Gasteiger partial charge in [-0.1, -0.05) is 19.4 Å². The van der Waals surface area contributed by atoms with Gasteiger partial charge >= 0.3 is 6.18 Å². The van der Waals surface area contributed by atoms with Gasteiger partial charge in [0.1, 0.15) is 11.4 Å². The van der Waals surface area contributed by atoms with Crippen molar-refractivity contribution in [1.29, 1.82) is 0 Å². The van der Waals surface area contributed by atoms with E-state index in [0.717, 1.165) is 51.9 Å². The number of morpholine rings is 1. The smallest absolute Gasteiger partial charge is 0.378 e. The van der Waals surface area contributed by atoms with Crippen LogP contribution >= 0.6 is 0 Å². The Morgan fingerprint density at radius 1 is 1.10 bits per heavy atom. The Morgan fingerprint density at radius 2 is 1.85 bits per heavy atom. The lowest BCUT2D eigenvalue weighted by Crippen LogP contribution is -2.48. The van der Waals surface area contributed by atoms with Gasteiger partial charge in [-0.2, -0.15) is 18.3 Å². The van der Waals surface area contributed by atoms with Crippen molar-refractivity contribution < 1.29 is 22.7 Å². The molecule has 5 rings (SSSR count). The van der Waals surface area contributed by atoms with Crippen LogP contribution in [0, 0.1) is 5.41 Å². The van der Waals surface area contributed by atoms with E-state index in [1.807, 2.05) is 21.8 Å². The third kappa shape index (κ3) is 5.67. The third-order valence-electron chi connectivity index (χ3n) is 8.86. The number of carbonyl (C=O) groups excluding carboxylic acids is 1. The highest BCUT2D eigenvalue weighted by atomic mass is 19.4. The Hall–Kier alpha value is -2.63. The minimum Gasteiger partial charge on any atom is -0.378 e. The van der Waals surface area contributed by atoms with Crippen molar-refractivity contribution in [3.63, 3.8) is 0 Å². The summed E-state index contributed by atoms with van der Waals surface area (Å²) < 4.78 is 49.6. The number of ether oxygens (including phenoxy) is 1. The van der Waals surface area contributed by atoms with E-state index in [-0.39, 0.29) is 17.7 Å². The minimum atomic E-state index is -4.41. The second kappa shape index (κ2) is 10.7. The van der Waals surface area contributed by atoms with Gasteiger partial charge in [0.05, 0.1) is 18.8 Å². The molecule has 1 aromatic carbocycles. The number of likely N-dealkylation sites (tertiary alicyclic amines) is 2. The summed E-state index contributed by atoms with van der Waals surface area (Å²) in [6, 6.07) is 6.44. The Morgan fingerprint density at radius 3 is 2.51 bits per heavy atom. The first-order valence-corrected chi connectivity index (χ1v) is 13.9. The van der Waals surface area contributed by atoms with Crippen LogP contribution in [0.2, 0.25) is 0 Å². The average molecular weight is 549 g/mol. The predicted molar refractivity (Wildman–Crippen MR) is 142 cm³/mol. The van der Waals surface area contributed by atoms with Crippen LogP contribution in [0.25, 0.3) is 0 Å². The molecule has 214 valence electrons. The summed E-state index contributed by atoms with van der Waals surface area (Å²) in [7, 11) is 0. The Kier molecular flexibility index (Phi) is 7.69. The summed E-state index contributed by atoms with van der Waals surface area (Å²) in [6.45, 7) is 10.1. The van der Waals surface area contributed by atoms with E-state index in [0.29, 0.717) is 37.6 Å². The molecule has 0 radical (unpaired) electrons. The monoisotopic (exact) mass is 548 g/mol. The molecule has 3 saturated heterocycles. The molecule has 2 atom stereocenters. The lowest BCUT2D eigenvalue weighted by atomic mass is 9.86. The van der Waals surface area contributed by atoms with Crippen LogP contribution in [0.5, 0.6) is 0 Å². The van der Waals surface area contributed by atoms with Gasteiger partial charge in [0.2, 0.25) is 0 Å². The van der Waals surface area contributed by atoms with Gasteiger partial charge in [-0.15, -0.1) is 0 Å². The number of carbonyl (C=O) groups is 1. The van der Waals surface area contributed by atoms with Crippen molar-refractivity contribution in [2.24, 2.45) is 11.1 Å². The SMILES string of the molecule is CCCC(C)(N1CCC2(CCN(Cc3ccc(N4CCOCC4)cc3C(F)(F)F)C2)C1)n1ccc(C(N)=O)n1. The molecule has 3 aliphatic rings. The molecule has 3 fully saturated rings. The minimum absolute atomic E-state index is 0.0286. The van der Waals surface area contributed by atoms with E-state index < -0.39 is 23.3 Å². The number of aromatic nitrogens is 2. The van der Waals surface area contributed by atoms with Gasteiger partial charge in [-0.25, -0.2) is 0 Å². The molecule has 0 aliphatic carbocycles. The number of hydrogen-bond donors (Lipinski definition) is 1. The Balaban J connectivity index is 1.30. The molecule has 3 aliphatic heterocycles. The van der Waals surface area contributed by atoms with E-state index in [1.54, 1.807) is 12.1 Å². The zero-order chi connectivity index (χ0) is 27.8. The average Bonchev–Trinajstić information content (AvgIpc) is 3.65. The molecular weight excluding hydrogens is 509 g/mol. The summed E-state index contributed by atoms with van der Waals surface area (Å²) in [5, 5.41) is 4.48. The van der Waals surface area contributed by atoms with Crippen LogP contribution in [0.4, 0.5) is 18.9 Å². The fourth-order valence-corrected chi connectivity index (χ4v) is 6.68. The summed E-state index contributed by atoms with van der Waals surface area (Å²) in [6.07, 6.45) is 1.14. The zero-order valence-electron chi connectivity index (χ0n) is 22.8. The van der Waals surface area contributed by atoms with Crippen LogP contribution < -0.4 is 10.6 Å². The summed E-state index contributed by atoms with van der Waals surface area (Å²) in [5.41, 5.74) is 5.71. The molecule has 4 heterocycles. The highest BCUT2D eigenvalue weighted by molar-refractivity contribution is 5.90. The van der Waals surface area contributed by atoms with Gasteiger partial charge in [0, 0.05) is 51.2 Å². The van der Waals surface area contributed by atoms with E-state index in [9.17, 15) is 18.0 Å². The molecular formula is C28H39F3N6O2. The number of benzene rings is 1. The van der Waals surface area contributed by atoms with Gasteiger partial charge in [0.15, 0.2) is 0 Å². The highest BCUT2D eigenvalue weighted by Crippen LogP contribution is 2.45. The molecule has 8 nitrogen and oxygen atoms in total. The predicted octanol–water partition coefficient (Wildman–Crippen LogP) is 3.91. The molecule has 2 N–H and O–H groups in total. The highest BCUT2D eigenvalue weighted by Gasteiger charge is 2.49.